The van der Waals surface area contributed by atoms with Crippen LogP contribution in [0.1, 0.15) is 47.8 Å². The second-order valence-electron chi connectivity index (χ2n) is 8.85. The van der Waals surface area contributed by atoms with Gasteiger partial charge < -0.3 is 15.0 Å². The van der Waals surface area contributed by atoms with E-state index in [0.29, 0.717) is 26.2 Å². The lowest BCUT2D eigenvalue weighted by Gasteiger charge is -2.26. The topological polar surface area (TPSA) is 61.9 Å². The summed E-state index contributed by atoms with van der Waals surface area (Å²) in [7, 11) is 1.65. The molecule has 0 bridgehead atoms. The predicted molar refractivity (Wildman–Crippen MR) is 127 cm³/mol. The second-order valence-corrected chi connectivity index (χ2v) is 8.85. The third-order valence-corrected chi connectivity index (χ3v) is 5.97. The van der Waals surface area contributed by atoms with E-state index in [4.69, 9.17) is 4.74 Å². The molecule has 1 saturated heterocycles. The minimum Gasteiger partial charge on any atom is -0.497 e. The minimum absolute atomic E-state index is 0.0120. The van der Waals surface area contributed by atoms with E-state index in [9.17, 15) is 9.59 Å². The largest absolute Gasteiger partial charge is 0.497 e. The molecular weight excluding hydrogens is 402 g/mol. The molecule has 2 amide bonds. The molecule has 1 unspecified atom stereocenters. The Morgan fingerprint density at radius 2 is 1.78 bits per heavy atom. The molecule has 2 aromatic rings. The first-order chi connectivity index (χ1) is 15.4. The number of nitrogens with one attached hydrogen (secondary N) is 1. The number of carbonyl (C=O) groups is 2. The summed E-state index contributed by atoms with van der Waals surface area (Å²) < 4.78 is 5.24. The van der Waals surface area contributed by atoms with E-state index in [1.54, 1.807) is 7.11 Å². The lowest BCUT2D eigenvalue weighted by atomic mass is 9.96. The normalized spacial score (nSPS) is 15.8. The van der Waals surface area contributed by atoms with Crippen LogP contribution in [0.5, 0.6) is 5.75 Å². The Morgan fingerprint density at radius 3 is 2.44 bits per heavy atom. The summed E-state index contributed by atoms with van der Waals surface area (Å²) in [5.41, 5.74) is 2.89. The summed E-state index contributed by atoms with van der Waals surface area (Å²) in [6.45, 7) is 9.39. The van der Waals surface area contributed by atoms with Gasteiger partial charge in [-0.15, -0.1) is 0 Å². The molecule has 6 heteroatoms. The van der Waals surface area contributed by atoms with Gasteiger partial charge in [-0.2, -0.15) is 0 Å². The van der Waals surface area contributed by atoms with Gasteiger partial charge in [-0.3, -0.25) is 14.5 Å². The summed E-state index contributed by atoms with van der Waals surface area (Å²) in [4.78, 5) is 29.8. The second kappa shape index (κ2) is 11.1. The number of nitrogens with zero attached hydrogens (tertiary/aromatic N) is 2. The fraction of sp³-hybridized carbons (Fsp3) is 0.462. The maximum Gasteiger partial charge on any atom is 0.253 e. The highest BCUT2D eigenvalue weighted by atomic mass is 16.5. The number of amides is 2. The van der Waals surface area contributed by atoms with E-state index >= 15 is 0 Å². The van der Waals surface area contributed by atoms with E-state index in [0.717, 1.165) is 35.4 Å². The zero-order valence-corrected chi connectivity index (χ0v) is 19.6. The van der Waals surface area contributed by atoms with Gasteiger partial charge in [0, 0.05) is 31.7 Å². The summed E-state index contributed by atoms with van der Waals surface area (Å²) >= 11 is 0. The molecule has 0 radical (unpaired) electrons. The maximum absolute atomic E-state index is 12.9. The number of methoxy groups -OCH3 is 1. The third kappa shape index (κ3) is 6.33. The van der Waals surface area contributed by atoms with Crippen molar-refractivity contribution in [3.8, 4) is 5.75 Å². The van der Waals surface area contributed by atoms with Crippen LogP contribution in [0.3, 0.4) is 0 Å². The average molecular weight is 438 g/mol. The van der Waals surface area contributed by atoms with E-state index in [1.165, 1.54) is 0 Å². The maximum atomic E-state index is 12.9. The van der Waals surface area contributed by atoms with Crippen LogP contribution in [0.15, 0.2) is 48.5 Å². The van der Waals surface area contributed by atoms with Crippen molar-refractivity contribution in [1.82, 2.24) is 15.1 Å². The summed E-state index contributed by atoms with van der Waals surface area (Å²) in [5, 5.41) is 3.20. The zero-order chi connectivity index (χ0) is 23.1. The summed E-state index contributed by atoms with van der Waals surface area (Å²) in [5.74, 6) is 1.15. The van der Waals surface area contributed by atoms with Crippen LogP contribution >= 0.6 is 0 Å². The van der Waals surface area contributed by atoms with Crippen LogP contribution in [0.4, 0.5) is 0 Å². The van der Waals surface area contributed by atoms with Gasteiger partial charge in [-0.25, -0.2) is 0 Å². The molecule has 1 atom stereocenters. The van der Waals surface area contributed by atoms with Crippen molar-refractivity contribution < 1.29 is 14.3 Å². The Balaban J connectivity index is 1.56. The Kier molecular flexibility index (Phi) is 8.28. The Morgan fingerprint density at radius 1 is 1.03 bits per heavy atom. The van der Waals surface area contributed by atoms with E-state index in [1.807, 2.05) is 60.4 Å². The summed E-state index contributed by atoms with van der Waals surface area (Å²) in [6, 6.07) is 15.5. The quantitative estimate of drug-likeness (QED) is 0.718. The Bertz CT molecular complexity index is 911. The number of hydrogen-bond donors (Lipinski definition) is 1. The molecule has 6 nitrogen and oxygen atoms in total. The van der Waals surface area contributed by atoms with Gasteiger partial charge in [0.05, 0.1) is 19.7 Å². The molecule has 3 rings (SSSR count). The molecule has 1 fully saturated rings. The predicted octanol–water partition coefficient (Wildman–Crippen LogP) is 3.67. The molecule has 0 aromatic heterocycles. The summed E-state index contributed by atoms with van der Waals surface area (Å²) in [6.07, 6.45) is 0.858. The number of hydrogen-bond acceptors (Lipinski definition) is 4. The third-order valence-electron chi connectivity index (χ3n) is 5.97. The van der Waals surface area contributed by atoms with Crippen molar-refractivity contribution in [2.24, 2.45) is 5.92 Å². The number of ether oxygens (including phenoxy) is 1. The first-order valence-corrected chi connectivity index (χ1v) is 11.4. The van der Waals surface area contributed by atoms with E-state index < -0.39 is 0 Å². The fourth-order valence-corrected chi connectivity index (χ4v) is 4.16. The molecule has 2 aromatic carbocycles. The lowest BCUT2D eigenvalue weighted by Crippen LogP contribution is -2.42. The lowest BCUT2D eigenvalue weighted by molar-refractivity contribution is -0.123. The van der Waals surface area contributed by atoms with Crippen molar-refractivity contribution in [3.63, 3.8) is 0 Å². The van der Waals surface area contributed by atoms with Crippen LogP contribution in [-0.4, -0.2) is 61.4 Å². The number of benzene rings is 2. The van der Waals surface area contributed by atoms with E-state index in [-0.39, 0.29) is 23.8 Å². The molecule has 1 aliphatic rings. The number of carbonyl (C=O) groups excluding carboxylic acids is 2. The van der Waals surface area contributed by atoms with Crippen LogP contribution < -0.4 is 10.1 Å². The monoisotopic (exact) mass is 437 g/mol. The Labute approximate surface area is 191 Å². The van der Waals surface area contributed by atoms with Crippen molar-refractivity contribution in [2.75, 3.05) is 39.8 Å². The van der Waals surface area contributed by atoms with Gasteiger partial charge in [0.1, 0.15) is 5.75 Å². The number of rotatable bonds is 7. The van der Waals surface area contributed by atoms with Crippen molar-refractivity contribution in [3.05, 3.63) is 65.2 Å². The Hall–Kier alpha value is -2.86. The number of aryl methyl sites for hydroxylation is 1. The fourth-order valence-electron chi connectivity index (χ4n) is 4.16. The minimum atomic E-state index is -0.0558. The molecule has 32 heavy (non-hydrogen) atoms. The van der Waals surface area contributed by atoms with Gasteiger partial charge in [0.15, 0.2) is 0 Å². The van der Waals surface area contributed by atoms with Gasteiger partial charge in [0.25, 0.3) is 5.91 Å². The highest BCUT2D eigenvalue weighted by molar-refractivity contribution is 5.94. The average Bonchev–Trinajstić information content (AvgIpc) is 3.02. The molecule has 1 N–H and O–H groups in total. The van der Waals surface area contributed by atoms with Crippen LogP contribution in [-0.2, 0) is 4.79 Å². The van der Waals surface area contributed by atoms with Crippen LogP contribution in [0.2, 0.25) is 0 Å². The van der Waals surface area contributed by atoms with Crippen LogP contribution in [0.25, 0.3) is 0 Å². The first kappa shape index (κ1) is 23.8. The zero-order valence-electron chi connectivity index (χ0n) is 19.6. The molecule has 1 heterocycles. The molecule has 0 saturated carbocycles. The SMILES string of the molecule is COc1ccc(C(NC(=O)CN2CCCN(C(=O)c3cccc(C)c3)CC2)C(C)C)cc1. The molecule has 172 valence electrons. The molecule has 0 spiro atoms. The molecule has 0 aliphatic carbocycles. The van der Waals surface area contributed by atoms with Crippen molar-refractivity contribution in [2.45, 2.75) is 33.2 Å². The van der Waals surface area contributed by atoms with Crippen molar-refractivity contribution in [1.29, 1.82) is 0 Å². The van der Waals surface area contributed by atoms with Crippen LogP contribution in [0, 0.1) is 12.8 Å². The van der Waals surface area contributed by atoms with Gasteiger partial charge in [0.2, 0.25) is 5.91 Å². The highest BCUT2D eigenvalue weighted by Gasteiger charge is 2.23. The highest BCUT2D eigenvalue weighted by Crippen LogP contribution is 2.24. The standard InChI is InChI=1S/C26H35N3O3/c1-19(2)25(21-9-11-23(32-4)12-10-21)27-24(30)18-28-13-6-14-29(16-15-28)26(31)22-8-5-7-20(3)17-22/h5,7-12,17,19,25H,6,13-16,18H2,1-4H3,(H,27,30). The first-order valence-electron chi connectivity index (χ1n) is 11.4. The van der Waals surface area contributed by atoms with Gasteiger partial charge in [-0.1, -0.05) is 43.7 Å². The smallest absolute Gasteiger partial charge is 0.253 e. The van der Waals surface area contributed by atoms with Gasteiger partial charge >= 0.3 is 0 Å². The molecular formula is C26H35N3O3. The van der Waals surface area contributed by atoms with Crippen molar-refractivity contribution >= 4 is 11.8 Å². The molecule has 1 aliphatic heterocycles. The van der Waals surface area contributed by atoms with E-state index in [2.05, 4.69) is 24.1 Å². The van der Waals surface area contributed by atoms with Gasteiger partial charge in [-0.05, 0) is 49.1 Å².